The maximum Gasteiger partial charge on any atom is 0.257 e. The number of benzene rings is 3. The Morgan fingerprint density at radius 3 is 2.15 bits per heavy atom. The second-order valence-electron chi connectivity index (χ2n) is 16.8. The molecule has 18 nitrogen and oxygen atoms in total. The van der Waals surface area contributed by atoms with E-state index in [4.69, 9.17) is 49.3 Å². The van der Waals surface area contributed by atoms with Crippen LogP contribution < -0.4 is 53.7 Å². The van der Waals surface area contributed by atoms with Gasteiger partial charge in [0.25, 0.3) is 5.91 Å². The molecule has 4 aromatic rings. The van der Waals surface area contributed by atoms with Crippen molar-refractivity contribution in [3.63, 3.8) is 0 Å². The van der Waals surface area contributed by atoms with E-state index in [0.717, 1.165) is 16.0 Å². The number of nitrogens with two attached hydrogens (primary N) is 4. The minimum Gasteiger partial charge on any atom is -0.492 e. The van der Waals surface area contributed by atoms with Crippen LogP contribution in [0.5, 0.6) is 11.5 Å². The van der Waals surface area contributed by atoms with Gasteiger partial charge in [-0.1, -0.05) is 68.8 Å². The molecule has 19 heteroatoms. The van der Waals surface area contributed by atoms with Crippen LogP contribution in [0.3, 0.4) is 0 Å². The topological polar surface area (TPSA) is 296 Å². The number of aromatic nitrogens is 1. The van der Waals surface area contributed by atoms with E-state index in [-0.39, 0.29) is 79.6 Å². The maximum atomic E-state index is 14.7. The van der Waals surface area contributed by atoms with Crippen LogP contribution in [0.25, 0.3) is 22.4 Å². The normalized spacial score (nSPS) is 16.6. The molecule has 2 heterocycles. The highest BCUT2D eigenvalue weighted by atomic mass is 35.5. The lowest BCUT2D eigenvalue weighted by Gasteiger charge is -2.32. The standard InChI is InChI=1S/C47H58ClN11O7/c1-26-42(60)58-36(43(61)54-19-16-50)23-27-6-12-37(65-20-17-51)31(22-27)32-24-29(9-13-38(32)66-21-18-52)40(45(63)55-26)59(5)46(64)34(14-15-49)57-44(62)39-33(53)25-35(56-41(39)48)28-7-10-30(11-8-28)47(2,3)4/h6-13,22,24-26,34,36,40H,14-15,17-21,23,49,51-52H2,1-5H3,(H2,53,56)(H,54,61)(H,55,63)(H,57,62)(H,58,60)/t26-,34?,36-,40-/m0/s1. The summed E-state index contributed by atoms with van der Waals surface area (Å²) in [6.45, 7) is 7.98. The molecule has 5 amide bonds. The molecule has 4 atom stereocenters. The first-order valence-electron chi connectivity index (χ1n) is 21.4. The van der Waals surface area contributed by atoms with Crippen molar-refractivity contribution in [1.82, 2.24) is 31.2 Å². The van der Waals surface area contributed by atoms with E-state index in [2.05, 4.69) is 47.0 Å². The van der Waals surface area contributed by atoms with Gasteiger partial charge in [-0.05, 0) is 72.3 Å². The van der Waals surface area contributed by atoms with E-state index < -0.39 is 53.7 Å². The van der Waals surface area contributed by atoms with Gasteiger partial charge in [0.2, 0.25) is 23.6 Å². The molecule has 1 aliphatic rings. The predicted molar refractivity (Wildman–Crippen MR) is 251 cm³/mol. The lowest BCUT2D eigenvalue weighted by Crippen LogP contribution is -2.56. The summed E-state index contributed by atoms with van der Waals surface area (Å²) in [6.07, 6.45) is -0.0740. The number of nitrogens with zero attached hydrogens (tertiary/aromatic N) is 3. The van der Waals surface area contributed by atoms with Gasteiger partial charge in [-0.3, -0.25) is 24.0 Å². The zero-order valence-electron chi connectivity index (χ0n) is 37.7. The molecule has 66 heavy (non-hydrogen) atoms. The van der Waals surface area contributed by atoms with Gasteiger partial charge in [-0.2, -0.15) is 5.26 Å². The number of anilines is 1. The third kappa shape index (κ3) is 12.1. The Kier molecular flexibility index (Phi) is 17.1. The first kappa shape index (κ1) is 50.2. The van der Waals surface area contributed by atoms with Crippen molar-refractivity contribution in [2.24, 2.45) is 17.2 Å². The van der Waals surface area contributed by atoms with E-state index in [1.165, 1.54) is 20.0 Å². The second-order valence-corrected chi connectivity index (χ2v) is 17.1. The number of likely N-dealkylation sites (N-methyl/N-ethyl adjacent to an activating group) is 1. The van der Waals surface area contributed by atoms with Crippen LogP contribution in [0.15, 0.2) is 66.7 Å². The number of nitrogens with one attached hydrogen (secondary N) is 4. The molecule has 0 radical (unpaired) electrons. The third-order valence-electron chi connectivity index (χ3n) is 10.9. The molecule has 350 valence electrons. The maximum absolute atomic E-state index is 14.7. The number of rotatable bonds is 15. The first-order chi connectivity index (χ1) is 31.4. The fourth-order valence-electron chi connectivity index (χ4n) is 7.41. The lowest BCUT2D eigenvalue weighted by molar-refractivity contribution is -0.141. The molecule has 3 aromatic carbocycles. The number of ether oxygens (including phenoxy) is 2. The molecular formula is C47H58ClN11O7. The van der Waals surface area contributed by atoms with Crippen LogP contribution in [0.4, 0.5) is 5.69 Å². The van der Waals surface area contributed by atoms with Crippen molar-refractivity contribution in [3.8, 4) is 40.0 Å². The fraction of sp³-hybridized carbons (Fsp3) is 0.383. The van der Waals surface area contributed by atoms with E-state index in [1.54, 1.807) is 36.4 Å². The van der Waals surface area contributed by atoms with Gasteiger partial charge in [-0.25, -0.2) is 4.98 Å². The molecule has 0 fully saturated rings. The van der Waals surface area contributed by atoms with E-state index in [1.807, 2.05) is 30.3 Å². The zero-order valence-corrected chi connectivity index (χ0v) is 38.5. The number of nitrogen functional groups attached to an aromatic ring is 1. The summed E-state index contributed by atoms with van der Waals surface area (Å²) in [5.41, 5.74) is 27.9. The number of carbonyl (C=O) groups is 5. The third-order valence-corrected chi connectivity index (χ3v) is 11.2. The minimum atomic E-state index is -1.44. The summed E-state index contributed by atoms with van der Waals surface area (Å²) in [4.78, 5) is 75.9. The summed E-state index contributed by atoms with van der Waals surface area (Å²) in [6, 6.07) is 16.0. The van der Waals surface area contributed by atoms with Crippen molar-refractivity contribution in [2.75, 3.05) is 52.2 Å². The predicted octanol–water partition coefficient (Wildman–Crippen LogP) is 2.46. The molecule has 0 spiro atoms. The summed E-state index contributed by atoms with van der Waals surface area (Å²) < 4.78 is 12.2. The van der Waals surface area contributed by atoms with Crippen molar-refractivity contribution in [3.05, 3.63) is 94.1 Å². The number of hydrogen-bond acceptors (Lipinski definition) is 13. The molecule has 0 saturated carbocycles. The quantitative estimate of drug-likeness (QED) is 0.0629. The molecule has 4 bridgehead atoms. The Labute approximate surface area is 389 Å². The van der Waals surface area contributed by atoms with Crippen molar-refractivity contribution in [2.45, 2.75) is 70.1 Å². The summed E-state index contributed by atoms with van der Waals surface area (Å²) >= 11 is 6.63. The Hall–Kier alpha value is -6.78. The first-order valence-corrected chi connectivity index (χ1v) is 21.8. The molecular weight excluding hydrogens is 866 g/mol. The lowest BCUT2D eigenvalue weighted by atomic mass is 9.86. The highest BCUT2D eigenvalue weighted by Gasteiger charge is 2.36. The molecule has 0 aliphatic carbocycles. The van der Waals surface area contributed by atoms with Crippen molar-refractivity contribution < 1.29 is 33.4 Å². The Morgan fingerprint density at radius 1 is 0.924 bits per heavy atom. The fourth-order valence-corrected chi connectivity index (χ4v) is 7.69. The number of amides is 5. The van der Waals surface area contributed by atoms with Crippen LogP contribution in [0.1, 0.15) is 67.2 Å². The van der Waals surface area contributed by atoms with Gasteiger partial charge < -0.3 is 58.6 Å². The monoisotopic (exact) mass is 923 g/mol. The van der Waals surface area contributed by atoms with Gasteiger partial charge in [0.15, 0.2) is 0 Å². The van der Waals surface area contributed by atoms with Crippen molar-refractivity contribution in [1.29, 1.82) is 5.26 Å². The summed E-state index contributed by atoms with van der Waals surface area (Å²) in [5.74, 6) is -2.93. The number of pyridine rings is 1. The molecule has 1 unspecified atom stereocenters. The summed E-state index contributed by atoms with van der Waals surface area (Å²) in [5, 5.41) is 19.5. The number of hydrogen-bond donors (Lipinski definition) is 8. The summed E-state index contributed by atoms with van der Waals surface area (Å²) in [7, 11) is 1.38. The van der Waals surface area contributed by atoms with Crippen LogP contribution in [-0.2, 0) is 31.0 Å². The SMILES string of the molecule is C[C@@H]1NC(=O)[C@@H](N(C)C(=O)C(CCN)NC(=O)c2c(N)cc(-c3ccc(C(C)(C)C)cc3)nc2Cl)c2ccc(OCCN)c(c2)-c2cc(ccc2OCCN)C[C@@H](C(=O)NCC#N)NC1=O. The van der Waals surface area contributed by atoms with Crippen LogP contribution >= 0.6 is 11.6 Å². The van der Waals surface area contributed by atoms with E-state index in [0.29, 0.717) is 33.9 Å². The number of carbonyl (C=O) groups excluding carboxylic acids is 5. The Morgan fingerprint density at radius 2 is 1.56 bits per heavy atom. The largest absolute Gasteiger partial charge is 0.492 e. The average Bonchev–Trinajstić information content (AvgIpc) is 3.28. The van der Waals surface area contributed by atoms with Gasteiger partial charge in [0, 0.05) is 48.9 Å². The van der Waals surface area contributed by atoms with Gasteiger partial charge in [0.05, 0.1) is 17.3 Å². The van der Waals surface area contributed by atoms with E-state index >= 15 is 0 Å². The van der Waals surface area contributed by atoms with Gasteiger partial charge in [-0.15, -0.1) is 0 Å². The minimum absolute atomic E-state index is 0.0108. The highest BCUT2D eigenvalue weighted by Crippen LogP contribution is 2.40. The molecule has 1 aliphatic heterocycles. The van der Waals surface area contributed by atoms with Crippen molar-refractivity contribution >= 4 is 46.8 Å². The smallest absolute Gasteiger partial charge is 0.257 e. The number of nitriles is 1. The highest BCUT2D eigenvalue weighted by molar-refractivity contribution is 6.33. The number of halogens is 1. The van der Waals surface area contributed by atoms with E-state index in [9.17, 15) is 24.0 Å². The molecule has 1 aromatic heterocycles. The molecule has 5 rings (SSSR count). The molecule has 12 N–H and O–H groups in total. The van der Waals surface area contributed by atoms with Crippen LogP contribution in [0, 0.1) is 11.3 Å². The van der Waals surface area contributed by atoms with Gasteiger partial charge in [0.1, 0.15) is 60.6 Å². The Bertz CT molecular complexity index is 2450. The number of fused-ring (bicyclic) bond motifs is 5. The zero-order chi connectivity index (χ0) is 48.3. The van der Waals surface area contributed by atoms with Gasteiger partial charge >= 0.3 is 0 Å². The van der Waals surface area contributed by atoms with Crippen LogP contribution in [0.2, 0.25) is 5.15 Å². The molecule has 0 saturated heterocycles. The van der Waals surface area contributed by atoms with Crippen LogP contribution in [-0.4, -0.2) is 104 Å². The Balaban J connectivity index is 1.57. The second kappa shape index (κ2) is 22.4. The average molecular weight is 925 g/mol.